The molecule has 0 saturated carbocycles. The monoisotopic (exact) mass is 213 g/mol. The highest BCUT2D eigenvalue weighted by molar-refractivity contribution is 5.85. The molecule has 0 amide bonds. The molecule has 1 atom stereocenters. The molecule has 0 fully saturated rings. The van der Waals surface area contributed by atoms with Crippen molar-refractivity contribution < 1.29 is 4.74 Å². The van der Waals surface area contributed by atoms with Crippen molar-refractivity contribution in [2.45, 2.75) is 13.0 Å². The zero-order valence-electron chi connectivity index (χ0n) is 8.27. The highest BCUT2D eigenvalue weighted by Crippen LogP contribution is 2.23. The Balaban J connectivity index is 0.00000169. The lowest BCUT2D eigenvalue weighted by Crippen LogP contribution is -2.08. The standard InChI is InChI=1S/C11H15NO.ClH/c1-3-10(12)9-7-5-6-8-11(9)13-4-2;/h3,5-8,10H,1,4,12H2,2H3;1H/t10-;/m1./s1. The molecule has 0 aliphatic rings. The zero-order valence-corrected chi connectivity index (χ0v) is 9.09. The van der Waals surface area contributed by atoms with Crippen LogP contribution in [0.5, 0.6) is 5.75 Å². The van der Waals surface area contributed by atoms with Crippen LogP contribution in [0.1, 0.15) is 18.5 Å². The van der Waals surface area contributed by atoms with Crippen LogP contribution in [0.3, 0.4) is 0 Å². The summed E-state index contributed by atoms with van der Waals surface area (Å²) in [5, 5.41) is 0. The van der Waals surface area contributed by atoms with Gasteiger partial charge in [-0.05, 0) is 13.0 Å². The molecule has 0 radical (unpaired) electrons. The van der Waals surface area contributed by atoms with E-state index in [1.165, 1.54) is 0 Å². The Hall–Kier alpha value is -0.990. The first-order chi connectivity index (χ1) is 6.29. The third kappa shape index (κ3) is 3.05. The molecule has 78 valence electrons. The Morgan fingerprint density at radius 2 is 2.14 bits per heavy atom. The second-order valence-corrected chi connectivity index (χ2v) is 2.73. The van der Waals surface area contributed by atoms with Crippen LogP contribution >= 0.6 is 12.4 Å². The van der Waals surface area contributed by atoms with E-state index in [1.54, 1.807) is 6.08 Å². The summed E-state index contributed by atoms with van der Waals surface area (Å²) in [7, 11) is 0. The largest absolute Gasteiger partial charge is 0.494 e. The minimum atomic E-state index is -0.150. The van der Waals surface area contributed by atoms with Crippen LogP contribution in [0.25, 0.3) is 0 Å². The quantitative estimate of drug-likeness (QED) is 0.781. The van der Waals surface area contributed by atoms with Gasteiger partial charge in [0.2, 0.25) is 0 Å². The summed E-state index contributed by atoms with van der Waals surface area (Å²) in [6.07, 6.45) is 1.71. The van der Waals surface area contributed by atoms with E-state index in [9.17, 15) is 0 Å². The molecule has 0 saturated heterocycles. The summed E-state index contributed by atoms with van der Waals surface area (Å²) < 4.78 is 5.43. The number of hydrogen-bond acceptors (Lipinski definition) is 2. The van der Waals surface area contributed by atoms with Crippen molar-refractivity contribution in [3.05, 3.63) is 42.5 Å². The first-order valence-electron chi connectivity index (χ1n) is 4.39. The van der Waals surface area contributed by atoms with Crippen molar-refractivity contribution in [1.82, 2.24) is 0 Å². The van der Waals surface area contributed by atoms with E-state index in [4.69, 9.17) is 10.5 Å². The van der Waals surface area contributed by atoms with Gasteiger partial charge in [-0.25, -0.2) is 0 Å². The number of para-hydroxylation sites is 1. The van der Waals surface area contributed by atoms with Crippen molar-refractivity contribution in [3.63, 3.8) is 0 Å². The first-order valence-corrected chi connectivity index (χ1v) is 4.39. The SMILES string of the molecule is C=C[C@@H](N)c1ccccc1OCC.Cl. The Labute approximate surface area is 91.2 Å². The Morgan fingerprint density at radius 3 is 2.71 bits per heavy atom. The van der Waals surface area contributed by atoms with Crippen LogP contribution in [0.4, 0.5) is 0 Å². The van der Waals surface area contributed by atoms with Crippen molar-refractivity contribution in [3.8, 4) is 5.75 Å². The van der Waals surface area contributed by atoms with Gasteiger partial charge in [0.1, 0.15) is 5.75 Å². The molecule has 14 heavy (non-hydrogen) atoms. The predicted octanol–water partition coefficient (Wildman–Crippen LogP) is 2.69. The van der Waals surface area contributed by atoms with Crippen LogP contribution < -0.4 is 10.5 Å². The maximum atomic E-state index is 5.83. The van der Waals surface area contributed by atoms with E-state index in [0.29, 0.717) is 6.61 Å². The minimum Gasteiger partial charge on any atom is -0.494 e. The van der Waals surface area contributed by atoms with Gasteiger partial charge in [0.15, 0.2) is 0 Å². The molecule has 0 unspecified atom stereocenters. The zero-order chi connectivity index (χ0) is 9.68. The smallest absolute Gasteiger partial charge is 0.124 e. The first kappa shape index (κ1) is 13.0. The lowest BCUT2D eigenvalue weighted by atomic mass is 10.1. The average Bonchev–Trinajstić information content (AvgIpc) is 2.18. The third-order valence-corrected chi connectivity index (χ3v) is 1.83. The molecule has 1 rings (SSSR count). The molecule has 1 aromatic rings. The maximum absolute atomic E-state index is 5.83. The summed E-state index contributed by atoms with van der Waals surface area (Å²) in [6, 6.07) is 7.60. The summed E-state index contributed by atoms with van der Waals surface area (Å²) in [6.45, 7) is 6.27. The molecular weight excluding hydrogens is 198 g/mol. The fourth-order valence-electron chi connectivity index (χ4n) is 1.17. The topological polar surface area (TPSA) is 35.2 Å². The van der Waals surface area contributed by atoms with Crippen LogP contribution in [-0.2, 0) is 0 Å². The molecule has 0 heterocycles. The number of nitrogens with two attached hydrogens (primary N) is 1. The van der Waals surface area contributed by atoms with E-state index in [0.717, 1.165) is 11.3 Å². The van der Waals surface area contributed by atoms with Gasteiger partial charge in [-0.15, -0.1) is 19.0 Å². The van der Waals surface area contributed by atoms with E-state index < -0.39 is 0 Å². The molecule has 0 aromatic heterocycles. The van der Waals surface area contributed by atoms with Crippen LogP contribution in [-0.4, -0.2) is 6.61 Å². The molecule has 2 N–H and O–H groups in total. The molecule has 0 spiro atoms. The van der Waals surface area contributed by atoms with Crippen LogP contribution in [0.2, 0.25) is 0 Å². The fourth-order valence-corrected chi connectivity index (χ4v) is 1.17. The number of ether oxygens (including phenoxy) is 1. The fraction of sp³-hybridized carbons (Fsp3) is 0.273. The lowest BCUT2D eigenvalue weighted by molar-refractivity contribution is 0.335. The number of hydrogen-bond donors (Lipinski definition) is 1. The summed E-state index contributed by atoms with van der Waals surface area (Å²) >= 11 is 0. The molecule has 0 aliphatic carbocycles. The van der Waals surface area contributed by atoms with E-state index >= 15 is 0 Å². The van der Waals surface area contributed by atoms with E-state index in [2.05, 4.69) is 6.58 Å². The Bertz CT molecular complexity index is 288. The van der Waals surface area contributed by atoms with Gasteiger partial charge in [-0.3, -0.25) is 0 Å². The van der Waals surface area contributed by atoms with Gasteiger partial charge < -0.3 is 10.5 Å². The highest BCUT2D eigenvalue weighted by atomic mass is 35.5. The normalized spacial score (nSPS) is 11.3. The van der Waals surface area contributed by atoms with Crippen molar-refractivity contribution in [2.24, 2.45) is 5.73 Å². The Kier molecular flexibility index (Phi) is 6.00. The molecule has 3 heteroatoms. The van der Waals surface area contributed by atoms with Crippen LogP contribution in [0.15, 0.2) is 36.9 Å². The predicted molar refractivity (Wildman–Crippen MR) is 62.0 cm³/mol. The van der Waals surface area contributed by atoms with Crippen LogP contribution in [0, 0.1) is 0 Å². The van der Waals surface area contributed by atoms with Gasteiger partial charge in [-0.2, -0.15) is 0 Å². The lowest BCUT2D eigenvalue weighted by Gasteiger charge is -2.12. The van der Waals surface area contributed by atoms with Crippen molar-refractivity contribution in [1.29, 1.82) is 0 Å². The Morgan fingerprint density at radius 1 is 1.50 bits per heavy atom. The molecule has 1 aromatic carbocycles. The highest BCUT2D eigenvalue weighted by Gasteiger charge is 2.06. The maximum Gasteiger partial charge on any atom is 0.124 e. The van der Waals surface area contributed by atoms with E-state index in [-0.39, 0.29) is 18.4 Å². The van der Waals surface area contributed by atoms with Gasteiger partial charge >= 0.3 is 0 Å². The number of halogens is 1. The molecular formula is C11H16ClNO. The molecule has 0 aliphatic heterocycles. The van der Waals surface area contributed by atoms with Crippen molar-refractivity contribution >= 4 is 12.4 Å². The minimum absolute atomic E-state index is 0. The van der Waals surface area contributed by atoms with Crippen molar-refractivity contribution in [2.75, 3.05) is 6.61 Å². The van der Waals surface area contributed by atoms with Gasteiger partial charge in [0, 0.05) is 5.56 Å². The third-order valence-electron chi connectivity index (χ3n) is 1.83. The summed E-state index contributed by atoms with van der Waals surface area (Å²) in [5.74, 6) is 0.845. The average molecular weight is 214 g/mol. The van der Waals surface area contributed by atoms with E-state index in [1.807, 2.05) is 31.2 Å². The van der Waals surface area contributed by atoms with Gasteiger partial charge in [-0.1, -0.05) is 24.3 Å². The summed E-state index contributed by atoms with van der Waals surface area (Å²) in [5.41, 5.74) is 6.81. The number of rotatable bonds is 4. The second kappa shape index (κ2) is 6.46. The summed E-state index contributed by atoms with van der Waals surface area (Å²) in [4.78, 5) is 0. The van der Waals surface area contributed by atoms with Gasteiger partial charge in [0.25, 0.3) is 0 Å². The van der Waals surface area contributed by atoms with Gasteiger partial charge in [0.05, 0.1) is 12.6 Å². The second-order valence-electron chi connectivity index (χ2n) is 2.73. The number of benzene rings is 1. The molecule has 0 bridgehead atoms. The molecule has 2 nitrogen and oxygen atoms in total.